The Morgan fingerprint density at radius 2 is 2.47 bits per heavy atom. The van der Waals surface area contributed by atoms with Crippen molar-refractivity contribution in [2.75, 3.05) is 24.2 Å². The molecule has 0 spiro atoms. The van der Waals surface area contributed by atoms with Crippen molar-refractivity contribution in [3.63, 3.8) is 0 Å². The van der Waals surface area contributed by atoms with E-state index in [4.69, 9.17) is 10.5 Å². The number of nitrogen functional groups attached to an aromatic ring is 1. The van der Waals surface area contributed by atoms with E-state index in [1.807, 2.05) is 0 Å². The average molecular weight is 241 g/mol. The molecule has 1 atom stereocenters. The lowest BCUT2D eigenvalue weighted by molar-refractivity contribution is -0.385. The van der Waals surface area contributed by atoms with Gasteiger partial charge in [-0.15, -0.1) is 0 Å². The van der Waals surface area contributed by atoms with E-state index in [-0.39, 0.29) is 11.8 Å². The lowest BCUT2D eigenvalue weighted by Gasteiger charge is -2.14. The maximum absolute atomic E-state index is 11.4. The van der Waals surface area contributed by atoms with Crippen LogP contribution in [0.1, 0.15) is 13.2 Å². The number of hydrogen-bond acceptors (Lipinski definition) is 7. The minimum Gasteiger partial charge on any atom is -0.369 e. The number of aromatic nitrogens is 2. The molecule has 3 N–H and O–H groups in total. The summed E-state index contributed by atoms with van der Waals surface area (Å²) in [6.07, 6.45) is -0.484. The highest BCUT2D eigenvalue weighted by Gasteiger charge is 2.33. The van der Waals surface area contributed by atoms with E-state index in [1.54, 1.807) is 6.92 Å². The minimum absolute atomic E-state index is 0.0472. The number of rotatable bonds is 3. The molecule has 17 heavy (non-hydrogen) atoms. The lowest BCUT2D eigenvalue weighted by atomic mass is 10.4. The molecule has 92 valence electrons. The van der Waals surface area contributed by atoms with Crippen molar-refractivity contribution in [2.45, 2.75) is 13.2 Å². The van der Waals surface area contributed by atoms with Gasteiger partial charge in [-0.25, -0.2) is 0 Å². The predicted molar refractivity (Wildman–Crippen MR) is 58.7 cm³/mol. The van der Waals surface area contributed by atoms with Gasteiger partial charge in [0.2, 0.25) is 5.95 Å². The first-order valence-electron chi connectivity index (χ1n) is 4.98. The topological polar surface area (TPSA) is 125 Å². The van der Waals surface area contributed by atoms with Crippen molar-refractivity contribution in [2.24, 2.45) is 0 Å². The third-order valence-electron chi connectivity index (χ3n) is 2.40. The van der Waals surface area contributed by atoms with Crippen LogP contribution in [0.3, 0.4) is 0 Å². The predicted octanol–water partition coefficient (Wildman–Crippen LogP) is -0.306. The van der Waals surface area contributed by atoms with Crippen molar-refractivity contribution < 1.29 is 9.66 Å². The fraction of sp³-hybridized carbons (Fsp3) is 0.500. The first kappa shape index (κ1) is 11.3. The fourth-order valence-corrected chi connectivity index (χ4v) is 1.77. The Hall–Kier alpha value is -2.16. The highest BCUT2D eigenvalue weighted by atomic mass is 16.6. The Morgan fingerprint density at radius 3 is 3.06 bits per heavy atom. The Labute approximate surface area is 95.4 Å². The molecule has 0 saturated carbocycles. The second-order valence-electron chi connectivity index (χ2n) is 3.39. The zero-order valence-corrected chi connectivity index (χ0v) is 9.04. The Morgan fingerprint density at radius 1 is 1.76 bits per heavy atom. The molecule has 1 aliphatic heterocycles. The summed E-state index contributed by atoms with van der Waals surface area (Å²) in [6.45, 7) is 2.52. The number of nitrogens with two attached hydrogens (primary N) is 1. The molecule has 0 fully saturated rings. The first-order chi connectivity index (χ1) is 8.06. The maximum Gasteiger partial charge on any atom is 0.376 e. The molecule has 2 heterocycles. The van der Waals surface area contributed by atoms with Gasteiger partial charge in [0.1, 0.15) is 0 Å². The first-order valence-corrected chi connectivity index (χ1v) is 4.98. The van der Waals surface area contributed by atoms with Crippen LogP contribution >= 0.6 is 0 Å². The fourth-order valence-electron chi connectivity index (χ4n) is 1.77. The van der Waals surface area contributed by atoms with Crippen molar-refractivity contribution in [3.05, 3.63) is 20.5 Å². The summed E-state index contributed by atoms with van der Waals surface area (Å²) in [4.78, 5) is 24.8. The SMILES string of the molecule is CCOC1CNc2c([N+](=O)[O-])c(=O)nc(N)n21. The van der Waals surface area contributed by atoms with Gasteiger partial charge in [0.15, 0.2) is 12.0 Å². The van der Waals surface area contributed by atoms with E-state index < -0.39 is 22.4 Å². The maximum atomic E-state index is 11.4. The molecular formula is C8H11N5O4. The van der Waals surface area contributed by atoms with Crippen LogP contribution in [0, 0.1) is 10.1 Å². The van der Waals surface area contributed by atoms with Gasteiger partial charge in [0.25, 0.3) is 0 Å². The van der Waals surface area contributed by atoms with Crippen LogP contribution in [0.15, 0.2) is 4.79 Å². The molecule has 0 aromatic carbocycles. The number of hydrogen-bond donors (Lipinski definition) is 2. The van der Waals surface area contributed by atoms with Crippen LogP contribution in [0.25, 0.3) is 0 Å². The normalized spacial score (nSPS) is 17.6. The smallest absolute Gasteiger partial charge is 0.369 e. The largest absolute Gasteiger partial charge is 0.376 e. The molecule has 1 unspecified atom stereocenters. The van der Waals surface area contributed by atoms with Crippen LogP contribution < -0.4 is 16.6 Å². The number of nitrogens with one attached hydrogen (secondary N) is 1. The highest BCUT2D eigenvalue weighted by molar-refractivity contribution is 5.60. The van der Waals surface area contributed by atoms with E-state index in [1.165, 1.54) is 4.57 Å². The molecule has 0 radical (unpaired) electrons. The van der Waals surface area contributed by atoms with Gasteiger partial charge >= 0.3 is 11.2 Å². The number of anilines is 2. The Kier molecular flexibility index (Phi) is 2.68. The summed E-state index contributed by atoms with van der Waals surface area (Å²) in [5.41, 5.74) is 4.01. The molecule has 1 aromatic rings. The van der Waals surface area contributed by atoms with Crippen LogP contribution in [-0.4, -0.2) is 27.6 Å². The van der Waals surface area contributed by atoms with E-state index >= 15 is 0 Å². The molecule has 2 rings (SSSR count). The third-order valence-corrected chi connectivity index (χ3v) is 2.40. The van der Waals surface area contributed by atoms with Gasteiger partial charge in [-0.1, -0.05) is 0 Å². The number of ether oxygens (including phenoxy) is 1. The van der Waals surface area contributed by atoms with Crippen molar-refractivity contribution in [1.82, 2.24) is 9.55 Å². The molecule has 0 saturated heterocycles. The van der Waals surface area contributed by atoms with Gasteiger partial charge in [0, 0.05) is 6.61 Å². The monoisotopic (exact) mass is 241 g/mol. The van der Waals surface area contributed by atoms with Gasteiger partial charge < -0.3 is 15.8 Å². The van der Waals surface area contributed by atoms with E-state index in [2.05, 4.69) is 10.3 Å². The zero-order valence-electron chi connectivity index (χ0n) is 9.04. The molecular weight excluding hydrogens is 230 g/mol. The second kappa shape index (κ2) is 4.01. The van der Waals surface area contributed by atoms with Crippen molar-refractivity contribution >= 4 is 17.5 Å². The van der Waals surface area contributed by atoms with Crippen molar-refractivity contribution in [1.29, 1.82) is 0 Å². The number of nitrogens with zero attached hydrogens (tertiary/aromatic N) is 3. The highest BCUT2D eigenvalue weighted by Crippen LogP contribution is 2.31. The van der Waals surface area contributed by atoms with Crippen LogP contribution in [0.5, 0.6) is 0 Å². The number of fused-ring (bicyclic) bond motifs is 1. The molecule has 9 heteroatoms. The molecule has 9 nitrogen and oxygen atoms in total. The molecule has 0 amide bonds. The molecule has 0 aliphatic carbocycles. The summed E-state index contributed by atoms with van der Waals surface area (Å²) in [5, 5.41) is 13.5. The van der Waals surface area contributed by atoms with Gasteiger partial charge in [-0.2, -0.15) is 4.98 Å². The molecule has 1 aliphatic rings. The molecule has 1 aromatic heterocycles. The van der Waals surface area contributed by atoms with Crippen LogP contribution in [0.2, 0.25) is 0 Å². The molecule has 0 bridgehead atoms. The van der Waals surface area contributed by atoms with Gasteiger partial charge in [0.05, 0.1) is 11.5 Å². The second-order valence-corrected chi connectivity index (χ2v) is 3.39. The quantitative estimate of drug-likeness (QED) is 0.549. The van der Waals surface area contributed by atoms with Gasteiger partial charge in [-0.3, -0.25) is 19.5 Å². The van der Waals surface area contributed by atoms with E-state index in [9.17, 15) is 14.9 Å². The standard InChI is InChI=1S/C8H11N5O4/c1-2-17-4-3-10-6-5(13(15)16)7(14)11-8(9)12(4)6/h4,10H,2-3H2,1H3,(H2,9,11,14). The minimum atomic E-state index is -0.955. The summed E-state index contributed by atoms with van der Waals surface area (Å²) < 4.78 is 6.66. The van der Waals surface area contributed by atoms with E-state index in [0.29, 0.717) is 13.2 Å². The summed E-state index contributed by atoms with van der Waals surface area (Å²) in [6, 6.07) is 0. The van der Waals surface area contributed by atoms with Crippen molar-refractivity contribution in [3.8, 4) is 0 Å². The Balaban J connectivity index is 2.62. The van der Waals surface area contributed by atoms with Crippen LogP contribution in [-0.2, 0) is 4.74 Å². The number of nitro groups is 1. The summed E-state index contributed by atoms with van der Waals surface area (Å²) >= 11 is 0. The zero-order chi connectivity index (χ0) is 12.6. The lowest BCUT2D eigenvalue weighted by Crippen LogP contribution is -2.22. The Bertz CT molecular complexity index is 525. The van der Waals surface area contributed by atoms with Crippen LogP contribution in [0.4, 0.5) is 17.5 Å². The summed E-state index contributed by atoms with van der Waals surface area (Å²) in [7, 11) is 0. The van der Waals surface area contributed by atoms with Gasteiger partial charge in [-0.05, 0) is 6.92 Å². The van der Waals surface area contributed by atoms with E-state index in [0.717, 1.165) is 0 Å². The average Bonchev–Trinajstić information content (AvgIpc) is 2.62. The summed E-state index contributed by atoms with van der Waals surface area (Å²) in [5.74, 6) is -0.0509. The third kappa shape index (κ3) is 1.69.